The fraction of sp³-hybridized carbons (Fsp3) is 0.286. The first-order valence-electron chi connectivity index (χ1n) is 6.38. The Kier molecular flexibility index (Phi) is 3.31. The average Bonchev–Trinajstić information content (AvgIpc) is 2.44. The van der Waals surface area contributed by atoms with Gasteiger partial charge in [-0.2, -0.15) is 5.10 Å². The van der Waals surface area contributed by atoms with Gasteiger partial charge in [0.05, 0.1) is 12.2 Å². The van der Waals surface area contributed by atoms with Gasteiger partial charge in [0.2, 0.25) is 0 Å². The topological polar surface area (TPSA) is 46.9 Å². The lowest BCUT2D eigenvalue weighted by molar-refractivity contribution is 0.504. The molecule has 0 spiro atoms. The lowest BCUT2D eigenvalue weighted by Crippen LogP contribution is -2.31. The van der Waals surface area contributed by atoms with Crippen LogP contribution in [0.3, 0.4) is 0 Å². The van der Waals surface area contributed by atoms with Crippen LogP contribution in [0.2, 0.25) is 0 Å². The van der Waals surface area contributed by atoms with Gasteiger partial charge in [-0.1, -0.05) is 6.07 Å². The summed E-state index contributed by atoms with van der Waals surface area (Å²) in [7, 11) is 0. The fourth-order valence-electron chi connectivity index (χ4n) is 2.28. The van der Waals surface area contributed by atoms with Crippen molar-refractivity contribution in [1.82, 2.24) is 15.1 Å². The van der Waals surface area contributed by atoms with Gasteiger partial charge in [-0.05, 0) is 23.3 Å². The molecule has 20 heavy (non-hydrogen) atoms. The van der Waals surface area contributed by atoms with Crippen LogP contribution < -0.4 is 10.9 Å². The van der Waals surface area contributed by atoms with Crippen LogP contribution in [-0.4, -0.2) is 16.3 Å². The molecular formula is C14H13F2N3O. The summed E-state index contributed by atoms with van der Waals surface area (Å²) in [5.41, 5.74) is 2.05. The van der Waals surface area contributed by atoms with E-state index in [4.69, 9.17) is 0 Å². The number of aromatic nitrogens is 2. The molecule has 2 heterocycles. The van der Waals surface area contributed by atoms with Crippen molar-refractivity contribution in [3.05, 3.63) is 63.1 Å². The van der Waals surface area contributed by atoms with Gasteiger partial charge in [0.1, 0.15) is 0 Å². The third-order valence-corrected chi connectivity index (χ3v) is 3.33. The number of nitrogens with one attached hydrogen (secondary N) is 1. The van der Waals surface area contributed by atoms with Crippen LogP contribution in [0.25, 0.3) is 0 Å². The van der Waals surface area contributed by atoms with Crippen LogP contribution in [0, 0.1) is 11.6 Å². The second-order valence-corrected chi connectivity index (χ2v) is 4.79. The van der Waals surface area contributed by atoms with Crippen molar-refractivity contribution in [2.45, 2.75) is 19.5 Å². The van der Waals surface area contributed by atoms with Gasteiger partial charge in [-0.15, -0.1) is 0 Å². The highest BCUT2D eigenvalue weighted by Crippen LogP contribution is 2.11. The summed E-state index contributed by atoms with van der Waals surface area (Å²) in [6.07, 6.45) is 0.757. The number of hydrogen-bond acceptors (Lipinski definition) is 3. The summed E-state index contributed by atoms with van der Waals surface area (Å²) in [5, 5.41) is 7.48. The highest BCUT2D eigenvalue weighted by molar-refractivity contribution is 5.22. The summed E-state index contributed by atoms with van der Waals surface area (Å²) in [6.45, 7) is 1.60. The molecule has 0 bridgehead atoms. The van der Waals surface area contributed by atoms with Crippen molar-refractivity contribution in [3.8, 4) is 0 Å². The molecule has 1 aliphatic rings. The Morgan fingerprint density at radius 3 is 2.90 bits per heavy atom. The van der Waals surface area contributed by atoms with Crippen LogP contribution >= 0.6 is 0 Å². The zero-order valence-corrected chi connectivity index (χ0v) is 10.7. The fourth-order valence-corrected chi connectivity index (χ4v) is 2.28. The lowest BCUT2D eigenvalue weighted by atomic mass is 10.1. The van der Waals surface area contributed by atoms with Gasteiger partial charge in [0.25, 0.3) is 5.56 Å². The first kappa shape index (κ1) is 12.9. The summed E-state index contributed by atoms with van der Waals surface area (Å²) in [4.78, 5) is 12.0. The summed E-state index contributed by atoms with van der Waals surface area (Å²) < 4.78 is 27.3. The molecule has 0 atom stereocenters. The van der Waals surface area contributed by atoms with Crippen LogP contribution in [0.1, 0.15) is 16.8 Å². The second-order valence-electron chi connectivity index (χ2n) is 4.79. The number of benzene rings is 1. The first-order valence-corrected chi connectivity index (χ1v) is 6.38. The average molecular weight is 277 g/mol. The van der Waals surface area contributed by atoms with Gasteiger partial charge in [0, 0.05) is 25.6 Å². The number of nitrogens with zero attached hydrogens (tertiary/aromatic N) is 2. The van der Waals surface area contributed by atoms with E-state index < -0.39 is 11.6 Å². The lowest BCUT2D eigenvalue weighted by Gasteiger charge is -2.17. The molecule has 1 aromatic heterocycles. The molecular weight excluding hydrogens is 264 g/mol. The number of halogens is 2. The Morgan fingerprint density at radius 2 is 2.10 bits per heavy atom. The van der Waals surface area contributed by atoms with E-state index in [1.807, 2.05) is 0 Å². The van der Waals surface area contributed by atoms with Crippen molar-refractivity contribution in [3.63, 3.8) is 0 Å². The quantitative estimate of drug-likeness (QED) is 0.897. The van der Waals surface area contributed by atoms with Crippen LogP contribution in [0.5, 0.6) is 0 Å². The Morgan fingerprint density at radius 1 is 1.25 bits per heavy atom. The molecule has 0 unspecified atom stereocenters. The third-order valence-electron chi connectivity index (χ3n) is 3.33. The summed E-state index contributed by atoms with van der Waals surface area (Å²) >= 11 is 0. The highest BCUT2D eigenvalue weighted by Gasteiger charge is 2.13. The monoisotopic (exact) mass is 277 g/mol. The predicted molar refractivity (Wildman–Crippen MR) is 69.4 cm³/mol. The van der Waals surface area contributed by atoms with Crippen molar-refractivity contribution in [1.29, 1.82) is 0 Å². The van der Waals surface area contributed by atoms with E-state index in [0.29, 0.717) is 12.1 Å². The zero-order chi connectivity index (χ0) is 14.1. The molecule has 6 heteroatoms. The zero-order valence-electron chi connectivity index (χ0n) is 10.7. The maximum absolute atomic E-state index is 13.2. The maximum atomic E-state index is 13.2. The molecule has 104 valence electrons. The summed E-state index contributed by atoms with van der Waals surface area (Å²) in [5.74, 6) is -1.82. The molecule has 1 N–H and O–H groups in total. The minimum absolute atomic E-state index is 0.136. The van der Waals surface area contributed by atoms with E-state index in [2.05, 4.69) is 10.4 Å². The van der Waals surface area contributed by atoms with E-state index in [0.717, 1.165) is 36.4 Å². The Balaban J connectivity index is 1.94. The van der Waals surface area contributed by atoms with Gasteiger partial charge in [-0.3, -0.25) is 4.79 Å². The Hall–Kier alpha value is -2.08. The Bertz CT molecular complexity index is 712. The number of rotatable bonds is 2. The SMILES string of the molecule is O=c1cc2c(nn1Cc1ccc(F)c(F)c1)CCNC2. The van der Waals surface area contributed by atoms with E-state index in [1.54, 1.807) is 6.07 Å². The molecule has 0 aliphatic carbocycles. The van der Waals surface area contributed by atoms with Gasteiger partial charge in [0.15, 0.2) is 11.6 Å². The highest BCUT2D eigenvalue weighted by atomic mass is 19.2. The largest absolute Gasteiger partial charge is 0.312 e. The molecule has 0 saturated carbocycles. The predicted octanol–water partition coefficient (Wildman–Crippen LogP) is 1.22. The molecule has 1 aliphatic heterocycles. The van der Waals surface area contributed by atoms with Crippen molar-refractivity contribution < 1.29 is 8.78 Å². The van der Waals surface area contributed by atoms with Crippen molar-refractivity contribution >= 4 is 0 Å². The summed E-state index contributed by atoms with van der Waals surface area (Å²) in [6, 6.07) is 5.14. The van der Waals surface area contributed by atoms with E-state index in [9.17, 15) is 13.6 Å². The number of hydrogen-bond donors (Lipinski definition) is 1. The molecule has 4 nitrogen and oxygen atoms in total. The van der Waals surface area contributed by atoms with Crippen molar-refractivity contribution in [2.24, 2.45) is 0 Å². The molecule has 0 saturated heterocycles. The minimum Gasteiger partial charge on any atom is -0.312 e. The van der Waals surface area contributed by atoms with Gasteiger partial charge in [-0.25, -0.2) is 13.5 Å². The molecule has 0 fully saturated rings. The maximum Gasteiger partial charge on any atom is 0.267 e. The third kappa shape index (κ3) is 2.46. The van der Waals surface area contributed by atoms with E-state index >= 15 is 0 Å². The Labute approximate surface area is 114 Å². The van der Waals surface area contributed by atoms with Gasteiger partial charge >= 0.3 is 0 Å². The minimum atomic E-state index is -0.919. The van der Waals surface area contributed by atoms with E-state index in [-0.39, 0.29) is 12.1 Å². The molecule has 1 aromatic carbocycles. The second kappa shape index (κ2) is 5.13. The molecule has 2 aromatic rings. The molecule has 0 amide bonds. The van der Waals surface area contributed by atoms with E-state index in [1.165, 1.54) is 10.7 Å². The smallest absolute Gasteiger partial charge is 0.267 e. The van der Waals surface area contributed by atoms with Crippen LogP contribution in [0.4, 0.5) is 8.78 Å². The van der Waals surface area contributed by atoms with Gasteiger partial charge < -0.3 is 5.32 Å². The number of fused-ring (bicyclic) bond motifs is 1. The molecule has 3 rings (SSSR count). The standard InChI is InChI=1S/C14H13F2N3O/c15-11-2-1-9(5-12(11)16)8-19-14(20)6-10-7-17-4-3-13(10)18-19/h1-2,5-6,17H,3-4,7-8H2. The van der Waals surface area contributed by atoms with Crippen LogP contribution in [-0.2, 0) is 19.5 Å². The van der Waals surface area contributed by atoms with Crippen LogP contribution in [0.15, 0.2) is 29.1 Å². The van der Waals surface area contributed by atoms with Crippen molar-refractivity contribution in [2.75, 3.05) is 6.54 Å². The molecule has 0 radical (unpaired) electrons. The first-order chi connectivity index (χ1) is 9.63. The normalized spacial score (nSPS) is 14.1.